The van der Waals surface area contributed by atoms with E-state index < -0.39 is 45.0 Å². The maximum atomic E-state index is 13.5. The molecule has 3 rings (SSSR count). The molecule has 0 atom stereocenters. The van der Waals surface area contributed by atoms with E-state index in [1.165, 1.54) is 4.31 Å². The zero-order chi connectivity index (χ0) is 16.1. The number of carbonyl (C=O) groups is 1. The van der Waals surface area contributed by atoms with Crippen LogP contribution in [-0.4, -0.2) is 37.0 Å². The van der Waals surface area contributed by atoms with Gasteiger partial charge in [0, 0.05) is 13.1 Å². The SMILES string of the molecule is O=C(Nc1ccc(F)c(F)c1F)C1CN(S(=O)(=O)C2CC2)C1. The van der Waals surface area contributed by atoms with Crippen molar-refractivity contribution >= 4 is 21.6 Å². The molecule has 1 aromatic rings. The quantitative estimate of drug-likeness (QED) is 0.848. The van der Waals surface area contributed by atoms with Crippen molar-refractivity contribution in [3.8, 4) is 0 Å². The van der Waals surface area contributed by atoms with E-state index in [4.69, 9.17) is 0 Å². The van der Waals surface area contributed by atoms with E-state index >= 15 is 0 Å². The van der Waals surface area contributed by atoms with Gasteiger partial charge in [-0.15, -0.1) is 0 Å². The lowest BCUT2D eigenvalue weighted by atomic mass is 10.0. The van der Waals surface area contributed by atoms with Crippen molar-refractivity contribution in [2.45, 2.75) is 18.1 Å². The molecule has 1 aromatic carbocycles. The van der Waals surface area contributed by atoms with Crippen LogP contribution in [0, 0.1) is 23.4 Å². The molecule has 120 valence electrons. The highest BCUT2D eigenvalue weighted by Crippen LogP contribution is 2.34. The average molecular weight is 334 g/mol. The Morgan fingerprint density at radius 2 is 1.77 bits per heavy atom. The Hall–Kier alpha value is -1.61. The molecule has 0 bridgehead atoms. The molecule has 5 nitrogen and oxygen atoms in total. The van der Waals surface area contributed by atoms with Crippen molar-refractivity contribution in [3.05, 3.63) is 29.6 Å². The molecule has 9 heteroatoms. The highest BCUT2D eigenvalue weighted by molar-refractivity contribution is 7.90. The Balaban J connectivity index is 1.62. The van der Waals surface area contributed by atoms with Gasteiger partial charge in [-0.3, -0.25) is 4.79 Å². The molecule has 2 aliphatic rings. The summed E-state index contributed by atoms with van der Waals surface area (Å²) in [6.45, 7) is 0.0475. The van der Waals surface area contributed by atoms with Gasteiger partial charge in [0.15, 0.2) is 17.5 Å². The van der Waals surface area contributed by atoms with Crippen LogP contribution in [0.15, 0.2) is 12.1 Å². The van der Waals surface area contributed by atoms with Crippen molar-refractivity contribution in [2.75, 3.05) is 18.4 Å². The van der Waals surface area contributed by atoms with Gasteiger partial charge in [0.05, 0.1) is 16.9 Å². The first-order chi connectivity index (χ1) is 10.3. The summed E-state index contributed by atoms with van der Waals surface area (Å²) in [6, 6.07) is 1.63. The first-order valence-electron chi connectivity index (χ1n) is 6.74. The molecule has 1 saturated carbocycles. The monoisotopic (exact) mass is 334 g/mol. The van der Waals surface area contributed by atoms with Gasteiger partial charge in [-0.25, -0.2) is 21.6 Å². The third kappa shape index (κ3) is 2.58. The molecule has 2 fully saturated rings. The molecular formula is C13H13F3N2O3S. The van der Waals surface area contributed by atoms with Crippen LogP contribution in [0.3, 0.4) is 0 Å². The molecule has 1 aliphatic carbocycles. The summed E-state index contributed by atoms with van der Waals surface area (Å²) in [6.07, 6.45) is 1.27. The van der Waals surface area contributed by atoms with Crippen molar-refractivity contribution in [3.63, 3.8) is 0 Å². The molecular weight excluding hydrogens is 321 g/mol. The number of benzene rings is 1. The van der Waals surface area contributed by atoms with Crippen LogP contribution in [0.25, 0.3) is 0 Å². The summed E-state index contributed by atoms with van der Waals surface area (Å²) in [5.41, 5.74) is -0.465. The summed E-state index contributed by atoms with van der Waals surface area (Å²) >= 11 is 0. The minimum Gasteiger partial charge on any atom is -0.323 e. The molecule has 0 aromatic heterocycles. The van der Waals surface area contributed by atoms with E-state index in [1.54, 1.807) is 0 Å². The minimum atomic E-state index is -3.32. The molecule has 22 heavy (non-hydrogen) atoms. The number of nitrogens with zero attached hydrogens (tertiary/aromatic N) is 1. The van der Waals surface area contributed by atoms with Crippen LogP contribution < -0.4 is 5.32 Å². The second-order valence-corrected chi connectivity index (χ2v) is 7.68. The predicted molar refractivity (Wildman–Crippen MR) is 72.0 cm³/mol. The Bertz CT molecular complexity index is 728. The normalized spacial score (nSPS) is 19.8. The maximum absolute atomic E-state index is 13.5. The number of halogens is 3. The van der Waals surface area contributed by atoms with E-state index in [0.717, 1.165) is 6.07 Å². The fourth-order valence-corrected chi connectivity index (χ4v) is 4.17. The minimum absolute atomic E-state index is 0.0238. The largest absolute Gasteiger partial charge is 0.323 e. The number of rotatable bonds is 4. The van der Waals surface area contributed by atoms with Gasteiger partial charge in [-0.2, -0.15) is 4.31 Å². The van der Waals surface area contributed by atoms with E-state index in [2.05, 4.69) is 5.32 Å². The lowest BCUT2D eigenvalue weighted by molar-refractivity contribution is -0.122. The number of nitrogens with one attached hydrogen (secondary N) is 1. The smallest absolute Gasteiger partial charge is 0.230 e. The van der Waals surface area contributed by atoms with E-state index in [0.29, 0.717) is 18.9 Å². The third-order valence-electron chi connectivity index (χ3n) is 3.82. The summed E-state index contributed by atoms with van der Waals surface area (Å²) in [4.78, 5) is 11.9. The van der Waals surface area contributed by atoms with Crippen LogP contribution in [-0.2, 0) is 14.8 Å². The second kappa shape index (κ2) is 5.24. The Labute approximate surface area is 125 Å². The zero-order valence-electron chi connectivity index (χ0n) is 11.4. The topological polar surface area (TPSA) is 66.5 Å². The Morgan fingerprint density at radius 3 is 2.36 bits per heavy atom. The maximum Gasteiger partial charge on any atom is 0.230 e. The van der Waals surface area contributed by atoms with Gasteiger partial charge >= 0.3 is 0 Å². The summed E-state index contributed by atoms with van der Waals surface area (Å²) in [5.74, 6) is -5.73. The first-order valence-corrected chi connectivity index (χ1v) is 8.24. The summed E-state index contributed by atoms with van der Waals surface area (Å²) < 4.78 is 64.3. The fraction of sp³-hybridized carbons (Fsp3) is 0.462. The van der Waals surface area contributed by atoms with Crippen molar-refractivity contribution in [1.82, 2.24) is 4.31 Å². The van der Waals surface area contributed by atoms with E-state index in [1.807, 2.05) is 0 Å². The predicted octanol–water partition coefficient (Wildman–Crippen LogP) is 1.47. The molecule has 1 amide bonds. The average Bonchev–Trinajstić information content (AvgIpc) is 3.22. The number of carbonyl (C=O) groups excluding carboxylic acids is 1. The first kappa shape index (κ1) is 15.3. The van der Waals surface area contributed by atoms with Crippen LogP contribution in [0.2, 0.25) is 0 Å². The third-order valence-corrected chi connectivity index (χ3v) is 6.15. The number of amides is 1. The standard InChI is InChI=1S/C13H13F3N2O3S/c14-9-3-4-10(12(16)11(9)15)17-13(19)7-5-18(6-7)22(20,21)8-1-2-8/h3-4,7-8H,1-2,5-6H2,(H,17,19). The highest BCUT2D eigenvalue weighted by Gasteiger charge is 2.47. The van der Waals surface area contributed by atoms with E-state index in [9.17, 15) is 26.4 Å². The molecule has 0 spiro atoms. The van der Waals surface area contributed by atoms with E-state index in [-0.39, 0.29) is 18.3 Å². The molecule has 1 saturated heterocycles. The molecule has 0 radical (unpaired) electrons. The zero-order valence-corrected chi connectivity index (χ0v) is 12.2. The van der Waals surface area contributed by atoms with Crippen LogP contribution in [0.4, 0.5) is 18.9 Å². The number of anilines is 1. The lowest BCUT2D eigenvalue weighted by Gasteiger charge is -2.37. The Kier molecular flexibility index (Phi) is 3.64. The number of sulfonamides is 1. The lowest BCUT2D eigenvalue weighted by Crippen LogP contribution is -2.55. The van der Waals surface area contributed by atoms with Gasteiger partial charge in [-0.1, -0.05) is 0 Å². The molecule has 1 aliphatic heterocycles. The highest BCUT2D eigenvalue weighted by atomic mass is 32.2. The molecule has 1 N–H and O–H groups in total. The van der Waals surface area contributed by atoms with Gasteiger partial charge < -0.3 is 5.32 Å². The van der Waals surface area contributed by atoms with Gasteiger partial charge in [0.2, 0.25) is 15.9 Å². The number of hydrogen-bond acceptors (Lipinski definition) is 3. The summed E-state index contributed by atoms with van der Waals surface area (Å²) in [7, 11) is -3.32. The van der Waals surface area contributed by atoms with Crippen LogP contribution in [0.1, 0.15) is 12.8 Å². The van der Waals surface area contributed by atoms with Crippen molar-refractivity contribution < 1.29 is 26.4 Å². The van der Waals surface area contributed by atoms with Gasteiger partial charge in [0.1, 0.15) is 0 Å². The summed E-state index contributed by atoms with van der Waals surface area (Å²) in [5, 5.41) is 1.81. The molecule has 0 unspecified atom stereocenters. The van der Waals surface area contributed by atoms with Gasteiger partial charge in [-0.05, 0) is 25.0 Å². The fourth-order valence-electron chi connectivity index (χ4n) is 2.25. The molecule has 1 heterocycles. The second-order valence-electron chi connectivity index (χ2n) is 5.47. The van der Waals surface area contributed by atoms with Gasteiger partial charge in [0.25, 0.3) is 0 Å². The van der Waals surface area contributed by atoms with Crippen LogP contribution in [0.5, 0.6) is 0 Å². The number of hydrogen-bond donors (Lipinski definition) is 1. The Morgan fingerprint density at radius 1 is 1.14 bits per heavy atom. The van der Waals surface area contributed by atoms with Crippen molar-refractivity contribution in [1.29, 1.82) is 0 Å². The van der Waals surface area contributed by atoms with Crippen LogP contribution >= 0.6 is 0 Å². The van der Waals surface area contributed by atoms with Crippen molar-refractivity contribution in [2.24, 2.45) is 5.92 Å².